The molecule has 0 bridgehead atoms. The summed E-state index contributed by atoms with van der Waals surface area (Å²) in [5.41, 5.74) is 1.46. The molecule has 5 heteroatoms. The number of likely N-dealkylation sites (N-methyl/N-ethyl adjacent to an activating group) is 2. The number of amides is 1. The number of aromatic nitrogens is 1. The van der Waals surface area contributed by atoms with Gasteiger partial charge in [0.05, 0.1) is 6.61 Å². The number of aliphatic hydroxyl groups excluding tert-OH is 1. The second kappa shape index (κ2) is 6.81. The van der Waals surface area contributed by atoms with Gasteiger partial charge in [-0.15, -0.1) is 0 Å². The lowest BCUT2D eigenvalue weighted by Gasteiger charge is -2.29. The van der Waals surface area contributed by atoms with Crippen molar-refractivity contribution in [2.24, 2.45) is 0 Å². The van der Waals surface area contributed by atoms with Crippen molar-refractivity contribution in [2.75, 3.05) is 40.3 Å². The van der Waals surface area contributed by atoms with Crippen molar-refractivity contribution in [2.45, 2.75) is 18.8 Å². The van der Waals surface area contributed by atoms with Crippen LogP contribution in [0.1, 0.15) is 34.9 Å². The van der Waals surface area contributed by atoms with Crippen LogP contribution in [-0.4, -0.2) is 66.1 Å². The van der Waals surface area contributed by atoms with Gasteiger partial charge in [-0.1, -0.05) is 6.07 Å². The number of rotatable bonds is 4. The van der Waals surface area contributed by atoms with Crippen LogP contribution in [0.5, 0.6) is 0 Å². The first-order chi connectivity index (χ1) is 9.61. The van der Waals surface area contributed by atoms with Crippen molar-refractivity contribution in [1.29, 1.82) is 0 Å². The minimum Gasteiger partial charge on any atom is -0.395 e. The average Bonchev–Trinajstić information content (AvgIpc) is 2.47. The molecule has 0 spiro atoms. The smallest absolute Gasteiger partial charge is 0.272 e. The third kappa shape index (κ3) is 3.55. The van der Waals surface area contributed by atoms with Crippen LogP contribution in [0.3, 0.4) is 0 Å². The second-order valence-electron chi connectivity index (χ2n) is 5.50. The highest BCUT2D eigenvalue weighted by atomic mass is 16.3. The number of hydrogen-bond acceptors (Lipinski definition) is 4. The molecule has 0 radical (unpaired) electrons. The van der Waals surface area contributed by atoms with E-state index in [1.165, 1.54) is 11.3 Å². The molecule has 110 valence electrons. The molecule has 5 nitrogen and oxygen atoms in total. The highest BCUT2D eigenvalue weighted by molar-refractivity contribution is 5.92. The van der Waals surface area contributed by atoms with E-state index in [4.69, 9.17) is 5.11 Å². The van der Waals surface area contributed by atoms with E-state index >= 15 is 0 Å². The SMILES string of the molecule is CN1CCCC(c2cccc(C(=O)N(C)CCO)n2)C1. The van der Waals surface area contributed by atoms with Crippen LogP contribution in [0.15, 0.2) is 18.2 Å². The monoisotopic (exact) mass is 277 g/mol. The summed E-state index contributed by atoms with van der Waals surface area (Å²) in [6.07, 6.45) is 2.30. The molecule has 1 aliphatic rings. The lowest BCUT2D eigenvalue weighted by atomic mass is 9.94. The highest BCUT2D eigenvalue weighted by Gasteiger charge is 2.21. The first-order valence-corrected chi connectivity index (χ1v) is 7.13. The summed E-state index contributed by atoms with van der Waals surface area (Å²) in [7, 11) is 3.80. The zero-order valence-electron chi connectivity index (χ0n) is 12.2. The largest absolute Gasteiger partial charge is 0.395 e. The standard InChI is InChI=1S/C15H23N3O2/c1-17-8-4-5-12(11-17)13-6-3-7-14(16-13)15(20)18(2)9-10-19/h3,6-7,12,19H,4-5,8-11H2,1-2H3. The zero-order chi connectivity index (χ0) is 14.5. The van der Waals surface area contributed by atoms with E-state index < -0.39 is 0 Å². The minimum atomic E-state index is -0.134. The fraction of sp³-hybridized carbons (Fsp3) is 0.600. The Morgan fingerprint density at radius 2 is 2.35 bits per heavy atom. The number of carbonyl (C=O) groups is 1. The summed E-state index contributed by atoms with van der Waals surface area (Å²) in [6.45, 7) is 2.43. The highest BCUT2D eigenvalue weighted by Crippen LogP contribution is 2.24. The summed E-state index contributed by atoms with van der Waals surface area (Å²) < 4.78 is 0. The van der Waals surface area contributed by atoms with Gasteiger partial charge in [0.25, 0.3) is 5.91 Å². The van der Waals surface area contributed by atoms with Crippen LogP contribution in [0, 0.1) is 0 Å². The lowest BCUT2D eigenvalue weighted by Crippen LogP contribution is -2.32. The molecule has 1 atom stereocenters. The molecule has 20 heavy (non-hydrogen) atoms. The van der Waals surface area contributed by atoms with E-state index in [1.54, 1.807) is 13.1 Å². The average molecular weight is 277 g/mol. The second-order valence-corrected chi connectivity index (χ2v) is 5.50. The van der Waals surface area contributed by atoms with Crippen LogP contribution in [0.2, 0.25) is 0 Å². The van der Waals surface area contributed by atoms with Gasteiger partial charge in [-0.05, 0) is 38.6 Å². The quantitative estimate of drug-likeness (QED) is 0.890. The van der Waals surface area contributed by atoms with Gasteiger partial charge >= 0.3 is 0 Å². The Morgan fingerprint density at radius 1 is 1.55 bits per heavy atom. The van der Waals surface area contributed by atoms with Crippen molar-refractivity contribution in [3.8, 4) is 0 Å². The first kappa shape index (κ1) is 14.9. The summed E-state index contributed by atoms with van der Waals surface area (Å²) in [5, 5.41) is 8.90. The van der Waals surface area contributed by atoms with Gasteiger partial charge in [-0.25, -0.2) is 4.98 Å². The van der Waals surface area contributed by atoms with Crippen LogP contribution in [0.4, 0.5) is 0 Å². The van der Waals surface area contributed by atoms with Crippen molar-refractivity contribution in [3.63, 3.8) is 0 Å². The topological polar surface area (TPSA) is 56.7 Å². The van der Waals surface area contributed by atoms with Crippen molar-refractivity contribution >= 4 is 5.91 Å². The van der Waals surface area contributed by atoms with E-state index in [2.05, 4.69) is 16.9 Å². The molecule has 0 aliphatic carbocycles. The molecule has 1 aliphatic heterocycles. The fourth-order valence-corrected chi connectivity index (χ4v) is 2.65. The molecule has 2 heterocycles. The van der Waals surface area contributed by atoms with Gasteiger partial charge in [0.1, 0.15) is 5.69 Å². The lowest BCUT2D eigenvalue weighted by molar-refractivity contribution is 0.0760. The molecular formula is C15H23N3O2. The van der Waals surface area contributed by atoms with E-state index in [0.717, 1.165) is 25.2 Å². The number of carbonyl (C=O) groups excluding carboxylic acids is 1. The van der Waals surface area contributed by atoms with Gasteiger partial charge < -0.3 is 14.9 Å². The van der Waals surface area contributed by atoms with E-state index in [1.807, 2.05) is 12.1 Å². The first-order valence-electron chi connectivity index (χ1n) is 7.13. The van der Waals surface area contributed by atoms with Gasteiger partial charge in [-0.3, -0.25) is 4.79 Å². The molecule has 1 saturated heterocycles. The Bertz CT molecular complexity index is 464. The Labute approximate surface area is 120 Å². The maximum absolute atomic E-state index is 12.2. The van der Waals surface area contributed by atoms with Crippen LogP contribution in [0.25, 0.3) is 0 Å². The van der Waals surface area contributed by atoms with Crippen LogP contribution >= 0.6 is 0 Å². The molecule has 1 aromatic heterocycles. The summed E-state index contributed by atoms with van der Waals surface area (Å²) in [6, 6.07) is 5.65. The number of likely N-dealkylation sites (tertiary alicyclic amines) is 1. The maximum atomic E-state index is 12.2. The molecule has 1 N–H and O–H groups in total. The molecule has 1 unspecified atom stereocenters. The zero-order valence-corrected chi connectivity index (χ0v) is 12.2. The summed E-state index contributed by atoms with van der Waals surface area (Å²) >= 11 is 0. The number of nitrogens with zero attached hydrogens (tertiary/aromatic N) is 3. The summed E-state index contributed by atoms with van der Waals surface area (Å²) in [4.78, 5) is 20.5. The third-order valence-corrected chi connectivity index (χ3v) is 3.81. The Hall–Kier alpha value is -1.46. The van der Waals surface area contributed by atoms with E-state index in [9.17, 15) is 4.79 Å². The Morgan fingerprint density at radius 3 is 3.05 bits per heavy atom. The van der Waals surface area contributed by atoms with E-state index in [-0.39, 0.29) is 12.5 Å². The predicted molar refractivity (Wildman–Crippen MR) is 77.8 cm³/mol. The minimum absolute atomic E-state index is 0.0324. The fourth-order valence-electron chi connectivity index (χ4n) is 2.65. The van der Waals surface area contributed by atoms with Gasteiger partial charge in [0.2, 0.25) is 0 Å². The van der Waals surface area contributed by atoms with Gasteiger partial charge in [-0.2, -0.15) is 0 Å². The van der Waals surface area contributed by atoms with Crippen molar-refractivity contribution in [3.05, 3.63) is 29.6 Å². The molecule has 0 aromatic carbocycles. The van der Waals surface area contributed by atoms with Crippen LogP contribution in [-0.2, 0) is 0 Å². The van der Waals surface area contributed by atoms with Crippen molar-refractivity contribution < 1.29 is 9.90 Å². The predicted octanol–water partition coefficient (Wildman–Crippen LogP) is 0.955. The third-order valence-electron chi connectivity index (χ3n) is 3.81. The van der Waals surface area contributed by atoms with Crippen molar-refractivity contribution in [1.82, 2.24) is 14.8 Å². The van der Waals surface area contributed by atoms with Gasteiger partial charge in [0, 0.05) is 31.7 Å². The number of aliphatic hydroxyl groups is 1. The Balaban J connectivity index is 2.13. The number of piperidine rings is 1. The molecule has 1 aromatic rings. The molecule has 1 amide bonds. The Kier molecular flexibility index (Phi) is 5.09. The number of hydrogen-bond donors (Lipinski definition) is 1. The van der Waals surface area contributed by atoms with Gasteiger partial charge in [0.15, 0.2) is 0 Å². The van der Waals surface area contributed by atoms with E-state index in [0.29, 0.717) is 18.2 Å². The molecular weight excluding hydrogens is 254 g/mol. The molecule has 2 rings (SSSR count). The number of pyridine rings is 1. The maximum Gasteiger partial charge on any atom is 0.272 e. The normalized spacial score (nSPS) is 19.9. The van der Waals surface area contributed by atoms with Crippen LogP contribution < -0.4 is 0 Å². The summed E-state index contributed by atoms with van der Waals surface area (Å²) in [5.74, 6) is 0.273. The molecule has 1 fully saturated rings. The molecule has 0 saturated carbocycles.